The maximum atomic E-state index is 13.2. The third-order valence-electron chi connectivity index (χ3n) is 4.94. The third kappa shape index (κ3) is 3.55. The largest absolute Gasteiger partial charge is 0.417 e. The van der Waals surface area contributed by atoms with Crippen molar-refractivity contribution in [3.8, 4) is 6.07 Å². The van der Waals surface area contributed by atoms with Gasteiger partial charge in [-0.15, -0.1) is 0 Å². The molecule has 1 spiro atoms. The standard InChI is InChI=1S/C18H19F3N2O3/c1-12(24)23(14-4-6-17(7-5-14)25-8-9-26-17)15-3-2-13(11-22)16(10-15)18(19,20)21/h2-3,10,14H,4-9H2,1H3. The molecule has 26 heavy (non-hydrogen) atoms. The minimum atomic E-state index is -4.66. The molecule has 0 N–H and O–H groups in total. The molecule has 1 saturated carbocycles. The van der Waals surface area contributed by atoms with Crippen LogP contribution in [-0.4, -0.2) is 30.9 Å². The number of hydrogen-bond donors (Lipinski definition) is 0. The van der Waals surface area contributed by atoms with Crippen LogP contribution in [0.15, 0.2) is 18.2 Å². The number of alkyl halides is 3. The first-order chi connectivity index (χ1) is 12.3. The van der Waals surface area contributed by atoms with Crippen LogP contribution < -0.4 is 4.90 Å². The number of halogens is 3. The van der Waals surface area contributed by atoms with Gasteiger partial charge >= 0.3 is 6.18 Å². The van der Waals surface area contributed by atoms with Crippen LogP contribution in [0.3, 0.4) is 0 Å². The Morgan fingerprint density at radius 2 is 1.88 bits per heavy atom. The van der Waals surface area contributed by atoms with Crippen LogP contribution in [0.1, 0.15) is 43.7 Å². The molecule has 140 valence electrons. The molecule has 1 aromatic carbocycles. The summed E-state index contributed by atoms with van der Waals surface area (Å²) in [7, 11) is 0. The van der Waals surface area contributed by atoms with E-state index in [4.69, 9.17) is 14.7 Å². The Bertz CT molecular complexity index is 726. The average Bonchev–Trinajstić information content (AvgIpc) is 3.04. The predicted molar refractivity (Wildman–Crippen MR) is 86.2 cm³/mol. The zero-order chi connectivity index (χ0) is 18.9. The van der Waals surface area contributed by atoms with Crippen molar-refractivity contribution >= 4 is 11.6 Å². The van der Waals surface area contributed by atoms with Crippen molar-refractivity contribution in [3.63, 3.8) is 0 Å². The summed E-state index contributed by atoms with van der Waals surface area (Å²) in [4.78, 5) is 13.6. The number of carbonyl (C=O) groups is 1. The fourth-order valence-electron chi connectivity index (χ4n) is 3.75. The summed E-state index contributed by atoms with van der Waals surface area (Å²) in [6, 6.07) is 4.70. The Hall–Kier alpha value is -2.11. The Balaban J connectivity index is 1.87. The van der Waals surface area contributed by atoms with Crippen molar-refractivity contribution in [2.24, 2.45) is 0 Å². The normalized spacial score (nSPS) is 20.1. The number of nitrogens with zero attached hydrogens (tertiary/aromatic N) is 2. The number of carbonyl (C=O) groups excluding carboxylic acids is 1. The highest BCUT2D eigenvalue weighted by molar-refractivity contribution is 5.92. The van der Waals surface area contributed by atoms with Crippen LogP contribution in [-0.2, 0) is 20.4 Å². The van der Waals surface area contributed by atoms with Crippen molar-refractivity contribution in [3.05, 3.63) is 29.3 Å². The van der Waals surface area contributed by atoms with Gasteiger partial charge in [0.15, 0.2) is 5.79 Å². The third-order valence-corrected chi connectivity index (χ3v) is 4.94. The SMILES string of the molecule is CC(=O)N(c1ccc(C#N)c(C(F)(F)F)c1)C1CCC2(CC1)OCCO2. The highest BCUT2D eigenvalue weighted by Gasteiger charge is 2.42. The van der Waals surface area contributed by atoms with Gasteiger partial charge in [-0.05, 0) is 31.0 Å². The molecule has 0 bridgehead atoms. The molecule has 1 heterocycles. The van der Waals surface area contributed by atoms with Gasteiger partial charge in [0.05, 0.1) is 30.4 Å². The van der Waals surface area contributed by atoms with Crippen LogP contribution in [0.4, 0.5) is 18.9 Å². The van der Waals surface area contributed by atoms with Crippen molar-refractivity contribution in [2.45, 2.75) is 50.6 Å². The number of hydrogen-bond acceptors (Lipinski definition) is 4. The van der Waals surface area contributed by atoms with Crippen LogP contribution in [0, 0.1) is 11.3 Å². The van der Waals surface area contributed by atoms with Gasteiger partial charge in [-0.2, -0.15) is 18.4 Å². The second-order valence-electron chi connectivity index (χ2n) is 6.57. The van der Waals surface area contributed by atoms with E-state index < -0.39 is 23.1 Å². The van der Waals surface area contributed by atoms with Crippen molar-refractivity contribution in [1.82, 2.24) is 0 Å². The summed E-state index contributed by atoms with van der Waals surface area (Å²) in [5.41, 5.74) is -1.34. The molecular weight excluding hydrogens is 349 g/mol. The van der Waals surface area contributed by atoms with Gasteiger partial charge in [0.25, 0.3) is 0 Å². The van der Waals surface area contributed by atoms with E-state index in [1.807, 2.05) is 0 Å². The molecule has 2 fully saturated rings. The van der Waals surface area contributed by atoms with Crippen molar-refractivity contribution < 1.29 is 27.4 Å². The summed E-state index contributed by atoms with van der Waals surface area (Å²) >= 11 is 0. The van der Waals surface area contributed by atoms with Crippen LogP contribution in [0.2, 0.25) is 0 Å². The number of rotatable bonds is 2. The van der Waals surface area contributed by atoms with Crippen LogP contribution in [0.5, 0.6) is 0 Å². The molecule has 1 aliphatic carbocycles. The van der Waals surface area contributed by atoms with Crippen LogP contribution >= 0.6 is 0 Å². The molecular formula is C18H19F3N2O3. The average molecular weight is 368 g/mol. The van der Waals surface area contributed by atoms with E-state index in [0.717, 1.165) is 12.1 Å². The van der Waals surface area contributed by atoms with Gasteiger partial charge < -0.3 is 14.4 Å². The Morgan fingerprint density at radius 3 is 2.38 bits per heavy atom. The number of benzene rings is 1. The number of ether oxygens (including phenoxy) is 2. The fraction of sp³-hybridized carbons (Fsp3) is 0.556. The number of anilines is 1. The second kappa shape index (κ2) is 6.89. The lowest BCUT2D eigenvalue weighted by Crippen LogP contribution is -2.46. The van der Waals surface area contributed by atoms with Gasteiger partial charge in [0, 0.05) is 31.5 Å². The van der Waals surface area contributed by atoms with Gasteiger partial charge in [-0.25, -0.2) is 0 Å². The molecule has 2 aliphatic rings. The molecule has 0 unspecified atom stereocenters. The maximum Gasteiger partial charge on any atom is 0.417 e. The summed E-state index contributed by atoms with van der Waals surface area (Å²) < 4.78 is 51.0. The van der Waals surface area contributed by atoms with Gasteiger partial charge in [-0.1, -0.05) is 0 Å². The molecule has 1 aliphatic heterocycles. The van der Waals surface area contributed by atoms with E-state index in [-0.39, 0.29) is 17.6 Å². The highest BCUT2D eigenvalue weighted by atomic mass is 19.4. The first kappa shape index (κ1) is 18.7. The quantitative estimate of drug-likeness (QED) is 0.800. The molecule has 1 amide bonds. The van der Waals surface area contributed by atoms with Gasteiger partial charge in [0.1, 0.15) is 0 Å². The lowest BCUT2D eigenvalue weighted by Gasteiger charge is -2.40. The lowest BCUT2D eigenvalue weighted by atomic mass is 9.88. The minimum absolute atomic E-state index is 0.151. The molecule has 0 aromatic heterocycles. The zero-order valence-corrected chi connectivity index (χ0v) is 14.3. The van der Waals surface area contributed by atoms with Crippen LogP contribution in [0.25, 0.3) is 0 Å². The predicted octanol–water partition coefficient (Wildman–Crippen LogP) is 3.62. The van der Waals surface area contributed by atoms with E-state index in [1.54, 1.807) is 6.07 Å². The maximum absolute atomic E-state index is 13.2. The number of nitriles is 1. The molecule has 5 nitrogen and oxygen atoms in total. The molecule has 0 radical (unpaired) electrons. The smallest absolute Gasteiger partial charge is 0.348 e. The Labute approximate surface area is 149 Å². The van der Waals surface area contributed by atoms with E-state index >= 15 is 0 Å². The van der Waals surface area contributed by atoms with E-state index in [0.29, 0.717) is 38.9 Å². The molecule has 8 heteroatoms. The van der Waals surface area contributed by atoms with Gasteiger partial charge in [0.2, 0.25) is 5.91 Å². The van der Waals surface area contributed by atoms with Gasteiger partial charge in [-0.3, -0.25) is 4.79 Å². The molecule has 0 atom stereocenters. The summed E-state index contributed by atoms with van der Waals surface area (Å²) in [6.45, 7) is 2.40. The molecule has 3 rings (SSSR count). The lowest BCUT2D eigenvalue weighted by molar-refractivity contribution is -0.178. The first-order valence-electron chi connectivity index (χ1n) is 8.45. The minimum Gasteiger partial charge on any atom is -0.348 e. The first-order valence-corrected chi connectivity index (χ1v) is 8.45. The summed E-state index contributed by atoms with van der Waals surface area (Å²) in [5.74, 6) is -0.946. The van der Waals surface area contributed by atoms with E-state index in [2.05, 4.69) is 0 Å². The fourth-order valence-corrected chi connectivity index (χ4v) is 3.75. The molecule has 1 saturated heterocycles. The monoisotopic (exact) mass is 368 g/mol. The Morgan fingerprint density at radius 1 is 1.27 bits per heavy atom. The van der Waals surface area contributed by atoms with E-state index in [1.165, 1.54) is 17.9 Å². The van der Waals surface area contributed by atoms with Crippen molar-refractivity contribution in [2.75, 3.05) is 18.1 Å². The Kier molecular flexibility index (Phi) is 4.95. The number of amides is 1. The highest BCUT2D eigenvalue weighted by Crippen LogP contribution is 2.40. The van der Waals surface area contributed by atoms with E-state index in [9.17, 15) is 18.0 Å². The summed E-state index contributed by atoms with van der Waals surface area (Å²) in [6.07, 6.45) is -2.35. The molecule has 1 aromatic rings. The topological polar surface area (TPSA) is 62.6 Å². The summed E-state index contributed by atoms with van der Waals surface area (Å²) in [5, 5.41) is 8.93. The zero-order valence-electron chi connectivity index (χ0n) is 14.3. The second-order valence-corrected chi connectivity index (χ2v) is 6.57. The van der Waals surface area contributed by atoms with Crippen molar-refractivity contribution in [1.29, 1.82) is 5.26 Å².